The van der Waals surface area contributed by atoms with Gasteiger partial charge in [0.05, 0.1) is 12.5 Å². The lowest BCUT2D eigenvalue weighted by molar-refractivity contribution is -0.137. The lowest BCUT2D eigenvalue weighted by Gasteiger charge is -2.17. The number of aryl methyl sites for hydroxylation is 1. The minimum atomic E-state index is -1.50. The molecule has 4 heterocycles. The number of aliphatic hydroxyl groups excluding tert-OH is 2. The fourth-order valence-corrected chi connectivity index (χ4v) is 4.16. The van der Waals surface area contributed by atoms with E-state index < -0.39 is 42.1 Å². The van der Waals surface area contributed by atoms with Crippen LogP contribution in [-0.4, -0.2) is 66.0 Å². The maximum Gasteiger partial charge on any atom is 0.251 e. The summed E-state index contributed by atoms with van der Waals surface area (Å²) in [5, 5.41) is 26.5. The Kier molecular flexibility index (Phi) is 6.50. The third-order valence-corrected chi connectivity index (χ3v) is 6.05. The zero-order valence-corrected chi connectivity index (χ0v) is 19.8. The smallest absolute Gasteiger partial charge is 0.251 e. The number of pyridine rings is 1. The number of benzene rings is 1. The molecule has 0 radical (unpaired) electrons. The van der Waals surface area contributed by atoms with Gasteiger partial charge in [-0.1, -0.05) is 17.7 Å². The predicted molar refractivity (Wildman–Crippen MR) is 127 cm³/mol. The summed E-state index contributed by atoms with van der Waals surface area (Å²) < 4.78 is 35.3. The number of nitrogens with one attached hydrogen (secondary N) is 2. The number of anilines is 1. The van der Waals surface area contributed by atoms with Gasteiger partial charge in [-0.3, -0.25) is 14.3 Å². The van der Waals surface area contributed by atoms with Crippen molar-refractivity contribution in [1.29, 1.82) is 0 Å². The largest absolute Gasteiger partial charge is 0.387 e. The molecular formula is C24H23F2N7O4. The highest BCUT2D eigenvalue weighted by Crippen LogP contribution is 2.33. The summed E-state index contributed by atoms with van der Waals surface area (Å²) in [6, 6.07) is 5.92. The molecule has 0 saturated carbocycles. The van der Waals surface area contributed by atoms with Gasteiger partial charge in [-0.2, -0.15) is 0 Å². The second-order valence-electron chi connectivity index (χ2n) is 8.60. The number of imidazole rings is 1. The van der Waals surface area contributed by atoms with Crippen molar-refractivity contribution in [2.24, 2.45) is 0 Å². The monoisotopic (exact) mass is 511 g/mol. The molecule has 5 rings (SSSR count). The van der Waals surface area contributed by atoms with Crippen LogP contribution in [0.5, 0.6) is 0 Å². The first kappa shape index (κ1) is 24.6. The van der Waals surface area contributed by atoms with Gasteiger partial charge in [-0.25, -0.2) is 23.7 Å². The van der Waals surface area contributed by atoms with E-state index in [9.17, 15) is 23.8 Å². The summed E-state index contributed by atoms with van der Waals surface area (Å²) in [7, 11) is 1.38. The van der Waals surface area contributed by atoms with Crippen LogP contribution >= 0.6 is 0 Å². The second-order valence-corrected chi connectivity index (χ2v) is 8.60. The lowest BCUT2D eigenvalue weighted by Crippen LogP contribution is -2.41. The molecule has 4 N–H and O–H groups in total. The summed E-state index contributed by atoms with van der Waals surface area (Å²) in [6.07, 6.45) is -1.78. The summed E-state index contributed by atoms with van der Waals surface area (Å²) >= 11 is 0. The third kappa shape index (κ3) is 4.59. The van der Waals surface area contributed by atoms with Crippen molar-refractivity contribution >= 4 is 22.9 Å². The molecule has 37 heavy (non-hydrogen) atoms. The van der Waals surface area contributed by atoms with Crippen molar-refractivity contribution in [2.45, 2.75) is 38.0 Å². The van der Waals surface area contributed by atoms with E-state index in [0.29, 0.717) is 5.56 Å². The minimum absolute atomic E-state index is 0.0628. The minimum Gasteiger partial charge on any atom is -0.387 e. The fraction of sp³-hybridized carbons (Fsp3) is 0.292. The van der Waals surface area contributed by atoms with E-state index in [2.05, 4.69) is 30.6 Å². The standard InChI is InChI=1S/C24H23F2N7O4/c1-11-3-4-15(26)12(5-11)8-29-21-16-22(32-20(31-21)13-6-14(25)9-28-7-13)33(10-30-16)24-18(35)17(34)19(37-24)23(36)27-2/h3-7,9-10,17-19,24,34-35H,8H2,1-2H3,(H,27,36)(H,29,31,32)/t17-,18+,19-,24+/m0/s1. The first-order valence-corrected chi connectivity index (χ1v) is 11.3. The molecule has 1 aromatic carbocycles. The number of aliphatic hydroxyl groups is 2. The highest BCUT2D eigenvalue weighted by molar-refractivity contribution is 5.85. The molecule has 0 aliphatic carbocycles. The molecule has 1 saturated heterocycles. The Labute approximate surface area is 209 Å². The van der Waals surface area contributed by atoms with Gasteiger partial charge in [0.1, 0.15) is 23.8 Å². The average molecular weight is 511 g/mol. The summed E-state index contributed by atoms with van der Waals surface area (Å²) in [5.74, 6) is -1.33. The van der Waals surface area contributed by atoms with E-state index in [1.807, 2.05) is 6.92 Å². The first-order valence-electron chi connectivity index (χ1n) is 11.3. The lowest BCUT2D eigenvalue weighted by atomic mass is 10.1. The zero-order chi connectivity index (χ0) is 26.3. The molecule has 1 amide bonds. The molecule has 4 atom stereocenters. The zero-order valence-electron chi connectivity index (χ0n) is 19.8. The number of hydrogen-bond acceptors (Lipinski definition) is 9. The quantitative estimate of drug-likeness (QED) is 0.302. The number of carbonyl (C=O) groups is 1. The maximum absolute atomic E-state index is 14.4. The third-order valence-electron chi connectivity index (χ3n) is 6.05. The molecule has 0 unspecified atom stereocenters. The van der Waals surface area contributed by atoms with E-state index in [1.165, 1.54) is 36.3 Å². The Hall–Kier alpha value is -4.07. The van der Waals surface area contributed by atoms with Crippen LogP contribution in [0.15, 0.2) is 43.0 Å². The molecule has 13 heteroatoms. The number of halogens is 2. The van der Waals surface area contributed by atoms with Crippen molar-refractivity contribution in [3.63, 3.8) is 0 Å². The van der Waals surface area contributed by atoms with Gasteiger partial charge in [0, 0.05) is 30.9 Å². The molecule has 1 aliphatic heterocycles. The van der Waals surface area contributed by atoms with Gasteiger partial charge in [0.25, 0.3) is 5.91 Å². The van der Waals surface area contributed by atoms with Gasteiger partial charge in [0.15, 0.2) is 35.1 Å². The number of amides is 1. The van der Waals surface area contributed by atoms with Crippen LogP contribution in [0.2, 0.25) is 0 Å². The number of nitrogens with zero attached hydrogens (tertiary/aromatic N) is 5. The van der Waals surface area contributed by atoms with E-state index >= 15 is 0 Å². The van der Waals surface area contributed by atoms with Gasteiger partial charge in [0.2, 0.25) is 0 Å². The molecule has 0 spiro atoms. The maximum atomic E-state index is 14.4. The molecule has 1 fully saturated rings. The Bertz CT molecular complexity index is 1480. The molecule has 1 aliphatic rings. The van der Waals surface area contributed by atoms with Crippen LogP contribution in [0, 0.1) is 18.6 Å². The Morgan fingerprint density at radius 3 is 2.73 bits per heavy atom. The molecular weight excluding hydrogens is 488 g/mol. The number of likely N-dealkylation sites (N-methyl/N-ethyl adjacent to an activating group) is 1. The van der Waals surface area contributed by atoms with Crippen molar-refractivity contribution in [1.82, 2.24) is 29.8 Å². The molecule has 4 aromatic rings. The normalized spacial score (nSPS) is 21.4. The Morgan fingerprint density at radius 2 is 1.97 bits per heavy atom. The van der Waals surface area contributed by atoms with E-state index in [-0.39, 0.29) is 34.9 Å². The van der Waals surface area contributed by atoms with E-state index in [0.717, 1.165) is 11.8 Å². The van der Waals surface area contributed by atoms with Crippen LogP contribution < -0.4 is 10.6 Å². The highest BCUT2D eigenvalue weighted by atomic mass is 19.1. The molecule has 0 bridgehead atoms. The van der Waals surface area contributed by atoms with Crippen molar-refractivity contribution < 1.29 is 28.5 Å². The van der Waals surface area contributed by atoms with Gasteiger partial charge in [-0.05, 0) is 19.1 Å². The highest BCUT2D eigenvalue weighted by Gasteiger charge is 2.47. The molecule has 11 nitrogen and oxygen atoms in total. The number of aromatic nitrogens is 5. The van der Waals surface area contributed by atoms with Crippen LogP contribution in [0.1, 0.15) is 17.4 Å². The SMILES string of the molecule is CNC(=O)[C@H]1O[C@@H](n2cnc3c(NCc4cc(C)ccc4F)nc(-c4cncc(F)c4)nc32)[C@H](O)[C@@H]1O. The van der Waals surface area contributed by atoms with Gasteiger partial charge in [-0.15, -0.1) is 0 Å². The van der Waals surface area contributed by atoms with Crippen LogP contribution in [0.25, 0.3) is 22.6 Å². The summed E-state index contributed by atoms with van der Waals surface area (Å²) in [5.41, 5.74) is 1.94. The second kappa shape index (κ2) is 9.76. The van der Waals surface area contributed by atoms with Crippen LogP contribution in [0.4, 0.5) is 14.6 Å². The molecule has 3 aromatic heterocycles. The molecule has 192 valence electrons. The van der Waals surface area contributed by atoms with Crippen molar-refractivity contribution in [3.05, 3.63) is 65.7 Å². The number of ether oxygens (including phenoxy) is 1. The van der Waals surface area contributed by atoms with E-state index in [1.54, 1.807) is 12.1 Å². The fourth-order valence-electron chi connectivity index (χ4n) is 4.16. The number of rotatable bonds is 6. The Balaban J connectivity index is 1.59. The topological polar surface area (TPSA) is 147 Å². The van der Waals surface area contributed by atoms with Crippen LogP contribution in [-0.2, 0) is 16.1 Å². The van der Waals surface area contributed by atoms with Crippen molar-refractivity contribution in [2.75, 3.05) is 12.4 Å². The predicted octanol–water partition coefficient (Wildman–Crippen LogP) is 1.45. The van der Waals surface area contributed by atoms with Crippen LogP contribution in [0.3, 0.4) is 0 Å². The van der Waals surface area contributed by atoms with Gasteiger partial charge < -0.3 is 25.6 Å². The number of hydrogen-bond donors (Lipinski definition) is 4. The Morgan fingerprint density at radius 1 is 1.16 bits per heavy atom. The summed E-state index contributed by atoms with van der Waals surface area (Å²) in [4.78, 5) is 29.2. The van der Waals surface area contributed by atoms with Crippen molar-refractivity contribution in [3.8, 4) is 11.4 Å². The number of carbonyl (C=O) groups excluding carboxylic acids is 1. The first-order chi connectivity index (χ1) is 17.8. The van der Waals surface area contributed by atoms with E-state index in [4.69, 9.17) is 4.74 Å². The van der Waals surface area contributed by atoms with Gasteiger partial charge >= 0.3 is 0 Å². The number of fused-ring (bicyclic) bond motifs is 1. The summed E-state index contributed by atoms with van der Waals surface area (Å²) in [6.45, 7) is 1.91. The average Bonchev–Trinajstić information content (AvgIpc) is 3.44.